The minimum absolute atomic E-state index is 0.0458. The third-order valence-electron chi connectivity index (χ3n) is 4.15. The fourth-order valence-electron chi connectivity index (χ4n) is 2.61. The molecular formula is C20H18BrN3O4S. The molecule has 1 saturated heterocycles. The third-order valence-corrected chi connectivity index (χ3v) is 5.91. The van der Waals surface area contributed by atoms with Crippen LogP contribution in [0.25, 0.3) is 0 Å². The van der Waals surface area contributed by atoms with Crippen molar-refractivity contribution >= 4 is 62.0 Å². The standard InChI is InChI=1S/C20H18BrN3O4S/c1-24-18(26)16(11-17(25)22-14-9-5-13(21)6-10-14)29-20(24)23-15-7-3-12(4-8-15)19(27)28-2/h3-10,16H,11H2,1-2H3,(H,22,25). The van der Waals surface area contributed by atoms with Crippen LogP contribution in [0.2, 0.25) is 0 Å². The zero-order valence-electron chi connectivity index (χ0n) is 15.7. The number of nitrogens with zero attached hydrogens (tertiary/aromatic N) is 2. The fraction of sp³-hybridized carbons (Fsp3) is 0.200. The van der Waals surface area contributed by atoms with E-state index < -0.39 is 11.2 Å². The van der Waals surface area contributed by atoms with Crippen LogP contribution in [0, 0.1) is 0 Å². The number of aliphatic imine (C=N–C) groups is 1. The Balaban J connectivity index is 1.65. The SMILES string of the molecule is COC(=O)c1ccc(N=C2SC(CC(=O)Nc3ccc(Br)cc3)C(=O)N2C)cc1. The molecule has 1 N–H and O–H groups in total. The quantitative estimate of drug-likeness (QED) is 0.663. The first-order valence-corrected chi connectivity index (χ1v) is 10.3. The molecule has 1 heterocycles. The lowest BCUT2D eigenvalue weighted by atomic mass is 10.2. The van der Waals surface area contributed by atoms with Crippen LogP contribution in [-0.2, 0) is 14.3 Å². The van der Waals surface area contributed by atoms with Gasteiger partial charge in [0, 0.05) is 23.6 Å². The van der Waals surface area contributed by atoms with Crippen molar-refractivity contribution in [3.63, 3.8) is 0 Å². The smallest absolute Gasteiger partial charge is 0.337 e. The molecule has 9 heteroatoms. The van der Waals surface area contributed by atoms with E-state index in [2.05, 4.69) is 31.0 Å². The van der Waals surface area contributed by atoms with Gasteiger partial charge in [0.05, 0.1) is 18.4 Å². The number of amidine groups is 1. The van der Waals surface area contributed by atoms with E-state index in [4.69, 9.17) is 0 Å². The molecule has 1 aliphatic heterocycles. The van der Waals surface area contributed by atoms with Crippen molar-refractivity contribution in [2.75, 3.05) is 19.5 Å². The van der Waals surface area contributed by atoms with E-state index in [0.717, 1.165) is 4.47 Å². The maximum absolute atomic E-state index is 12.5. The predicted molar refractivity (Wildman–Crippen MR) is 116 cm³/mol. The molecule has 1 aliphatic rings. The lowest BCUT2D eigenvalue weighted by Gasteiger charge is -2.09. The maximum atomic E-state index is 12.5. The number of anilines is 1. The second kappa shape index (κ2) is 9.23. The monoisotopic (exact) mass is 475 g/mol. The van der Waals surface area contributed by atoms with Gasteiger partial charge in [-0.3, -0.25) is 14.5 Å². The third kappa shape index (κ3) is 5.24. The lowest BCUT2D eigenvalue weighted by Crippen LogP contribution is -2.30. The van der Waals surface area contributed by atoms with Crippen LogP contribution >= 0.6 is 27.7 Å². The molecule has 1 unspecified atom stereocenters. The van der Waals surface area contributed by atoms with Crippen molar-refractivity contribution in [1.82, 2.24) is 4.90 Å². The summed E-state index contributed by atoms with van der Waals surface area (Å²) in [6, 6.07) is 13.8. The Hall–Kier alpha value is -2.65. The molecule has 0 aromatic heterocycles. The first-order chi connectivity index (χ1) is 13.9. The van der Waals surface area contributed by atoms with Crippen molar-refractivity contribution in [1.29, 1.82) is 0 Å². The van der Waals surface area contributed by atoms with E-state index in [1.165, 1.54) is 23.8 Å². The van der Waals surface area contributed by atoms with Gasteiger partial charge in [0.25, 0.3) is 0 Å². The van der Waals surface area contributed by atoms with Gasteiger partial charge in [0.15, 0.2) is 5.17 Å². The molecule has 0 bridgehead atoms. The van der Waals surface area contributed by atoms with Crippen LogP contribution in [0.1, 0.15) is 16.8 Å². The zero-order valence-corrected chi connectivity index (χ0v) is 18.1. The number of methoxy groups -OCH3 is 1. The van der Waals surface area contributed by atoms with E-state index in [9.17, 15) is 14.4 Å². The highest BCUT2D eigenvalue weighted by Gasteiger charge is 2.37. The van der Waals surface area contributed by atoms with Gasteiger partial charge in [-0.1, -0.05) is 27.7 Å². The van der Waals surface area contributed by atoms with Crippen LogP contribution in [-0.4, -0.2) is 47.3 Å². The Morgan fingerprint density at radius 3 is 2.45 bits per heavy atom. The Labute approximate surface area is 180 Å². The highest BCUT2D eigenvalue weighted by Crippen LogP contribution is 2.31. The lowest BCUT2D eigenvalue weighted by molar-refractivity contribution is -0.127. The summed E-state index contributed by atoms with van der Waals surface area (Å²) >= 11 is 4.59. The summed E-state index contributed by atoms with van der Waals surface area (Å²) in [6.07, 6.45) is 0.0458. The summed E-state index contributed by atoms with van der Waals surface area (Å²) in [5.74, 6) is -0.843. The number of benzene rings is 2. The second-order valence-corrected chi connectivity index (χ2v) is 8.28. The van der Waals surface area contributed by atoms with E-state index in [1.54, 1.807) is 43.4 Å². The molecular weight excluding hydrogens is 458 g/mol. The van der Waals surface area contributed by atoms with Crippen molar-refractivity contribution in [2.45, 2.75) is 11.7 Å². The minimum atomic E-state index is -0.538. The summed E-state index contributed by atoms with van der Waals surface area (Å²) in [5.41, 5.74) is 1.68. The first-order valence-electron chi connectivity index (χ1n) is 8.64. The largest absolute Gasteiger partial charge is 0.465 e. The molecule has 0 radical (unpaired) electrons. The molecule has 2 aromatic carbocycles. The van der Waals surface area contributed by atoms with E-state index in [1.807, 2.05) is 12.1 Å². The molecule has 150 valence electrons. The molecule has 0 saturated carbocycles. The number of esters is 1. The summed E-state index contributed by atoms with van der Waals surface area (Å²) in [5, 5.41) is 2.75. The predicted octanol–water partition coefficient (Wildman–Crippen LogP) is 3.83. The van der Waals surface area contributed by atoms with Crippen molar-refractivity contribution in [3.05, 3.63) is 58.6 Å². The van der Waals surface area contributed by atoms with Gasteiger partial charge in [-0.2, -0.15) is 0 Å². The van der Waals surface area contributed by atoms with Gasteiger partial charge in [0.2, 0.25) is 11.8 Å². The fourth-order valence-corrected chi connectivity index (χ4v) is 4.03. The number of hydrogen-bond donors (Lipinski definition) is 1. The van der Waals surface area contributed by atoms with E-state index >= 15 is 0 Å². The Kier molecular flexibility index (Phi) is 6.71. The second-order valence-electron chi connectivity index (χ2n) is 6.20. The Morgan fingerprint density at radius 1 is 1.17 bits per heavy atom. The molecule has 7 nitrogen and oxygen atoms in total. The molecule has 0 aliphatic carbocycles. The van der Waals surface area contributed by atoms with Gasteiger partial charge in [0.1, 0.15) is 5.25 Å². The van der Waals surface area contributed by atoms with Crippen molar-refractivity contribution in [3.8, 4) is 0 Å². The number of nitrogens with one attached hydrogen (secondary N) is 1. The number of amides is 2. The van der Waals surface area contributed by atoms with E-state index in [-0.39, 0.29) is 18.2 Å². The van der Waals surface area contributed by atoms with Gasteiger partial charge >= 0.3 is 5.97 Å². The van der Waals surface area contributed by atoms with Crippen LogP contribution in [0.15, 0.2) is 58.0 Å². The number of hydrogen-bond acceptors (Lipinski definition) is 6. The number of halogens is 1. The molecule has 1 atom stereocenters. The van der Waals surface area contributed by atoms with Crippen LogP contribution in [0.5, 0.6) is 0 Å². The molecule has 1 fully saturated rings. The topological polar surface area (TPSA) is 88.1 Å². The van der Waals surface area contributed by atoms with Gasteiger partial charge in [-0.25, -0.2) is 9.79 Å². The molecule has 3 rings (SSSR count). The molecule has 0 spiro atoms. The summed E-state index contributed by atoms with van der Waals surface area (Å²) < 4.78 is 5.58. The Bertz CT molecular complexity index is 961. The van der Waals surface area contributed by atoms with Crippen molar-refractivity contribution in [2.24, 2.45) is 4.99 Å². The maximum Gasteiger partial charge on any atom is 0.337 e. The number of carbonyl (C=O) groups is 3. The van der Waals surface area contributed by atoms with Crippen LogP contribution in [0.3, 0.4) is 0 Å². The molecule has 2 amide bonds. The summed E-state index contributed by atoms with van der Waals surface area (Å²) in [7, 11) is 2.95. The van der Waals surface area contributed by atoms with Crippen LogP contribution < -0.4 is 5.32 Å². The number of carbonyl (C=O) groups excluding carboxylic acids is 3. The average molecular weight is 476 g/mol. The minimum Gasteiger partial charge on any atom is -0.465 e. The van der Waals surface area contributed by atoms with Crippen LogP contribution in [0.4, 0.5) is 11.4 Å². The summed E-state index contributed by atoms with van der Waals surface area (Å²) in [6.45, 7) is 0. The highest BCUT2D eigenvalue weighted by atomic mass is 79.9. The summed E-state index contributed by atoms with van der Waals surface area (Å²) in [4.78, 5) is 42.2. The highest BCUT2D eigenvalue weighted by molar-refractivity contribution is 9.10. The van der Waals surface area contributed by atoms with Gasteiger partial charge in [-0.15, -0.1) is 0 Å². The molecule has 29 heavy (non-hydrogen) atoms. The zero-order chi connectivity index (χ0) is 21.0. The number of thioether (sulfide) groups is 1. The number of ether oxygens (including phenoxy) is 1. The van der Waals surface area contributed by atoms with Gasteiger partial charge < -0.3 is 10.1 Å². The van der Waals surface area contributed by atoms with Crippen molar-refractivity contribution < 1.29 is 19.1 Å². The normalized spacial score (nSPS) is 17.5. The Morgan fingerprint density at radius 2 is 1.83 bits per heavy atom. The van der Waals surface area contributed by atoms with E-state index in [0.29, 0.717) is 22.1 Å². The molecule has 2 aromatic rings. The average Bonchev–Trinajstić information content (AvgIpc) is 2.97. The van der Waals surface area contributed by atoms with Gasteiger partial charge in [-0.05, 0) is 48.5 Å². The number of rotatable bonds is 5. The first kappa shape index (κ1) is 21.1.